The summed E-state index contributed by atoms with van der Waals surface area (Å²) in [5, 5.41) is 7.57. The van der Waals surface area contributed by atoms with Gasteiger partial charge in [-0.15, -0.1) is 0 Å². The molecule has 0 radical (unpaired) electrons. The highest BCUT2D eigenvalue weighted by molar-refractivity contribution is 5.96. The fourth-order valence-electron chi connectivity index (χ4n) is 4.82. The molecule has 3 heterocycles. The summed E-state index contributed by atoms with van der Waals surface area (Å²) >= 11 is 0. The molecule has 3 amide bonds. The van der Waals surface area contributed by atoms with E-state index in [0.29, 0.717) is 44.7 Å². The van der Waals surface area contributed by atoms with Crippen LogP contribution < -0.4 is 5.32 Å². The second-order valence-corrected chi connectivity index (χ2v) is 9.11. The van der Waals surface area contributed by atoms with Gasteiger partial charge in [-0.25, -0.2) is 0 Å². The Morgan fingerprint density at radius 2 is 1.94 bits per heavy atom. The van der Waals surface area contributed by atoms with Gasteiger partial charge in [-0.05, 0) is 37.8 Å². The van der Waals surface area contributed by atoms with Crippen LogP contribution in [-0.2, 0) is 29.6 Å². The highest BCUT2D eigenvalue weighted by Crippen LogP contribution is 2.26. The van der Waals surface area contributed by atoms with Gasteiger partial charge in [0.05, 0.1) is 5.92 Å². The number of carbonyl (C=O) groups excluding carboxylic acids is 3. The monoisotopic (exact) mass is 451 g/mol. The minimum Gasteiger partial charge on any atom is -0.338 e. The third-order valence-electron chi connectivity index (χ3n) is 6.74. The van der Waals surface area contributed by atoms with Crippen molar-refractivity contribution in [2.24, 2.45) is 13.0 Å². The summed E-state index contributed by atoms with van der Waals surface area (Å²) in [5.41, 5.74) is 4.11. The molecule has 0 saturated carbocycles. The Hall–Kier alpha value is -3.16. The smallest absolute Gasteiger partial charge is 0.274 e. The number of benzene rings is 1. The molecule has 8 heteroatoms. The Labute approximate surface area is 194 Å². The number of anilines is 1. The van der Waals surface area contributed by atoms with Crippen molar-refractivity contribution in [3.63, 3.8) is 0 Å². The number of aryl methyl sites for hydroxylation is 2. The van der Waals surface area contributed by atoms with E-state index in [2.05, 4.69) is 10.4 Å². The van der Waals surface area contributed by atoms with Crippen LogP contribution >= 0.6 is 0 Å². The number of nitrogens with zero attached hydrogens (tertiary/aromatic N) is 4. The number of carbonyl (C=O) groups is 3. The largest absolute Gasteiger partial charge is 0.338 e. The number of hydrogen-bond donors (Lipinski definition) is 1. The van der Waals surface area contributed by atoms with Crippen LogP contribution in [0.4, 0.5) is 5.69 Å². The first kappa shape index (κ1) is 23.0. The van der Waals surface area contributed by atoms with E-state index in [9.17, 15) is 14.4 Å². The molecular weight excluding hydrogens is 418 g/mol. The molecule has 1 aromatic carbocycles. The third kappa shape index (κ3) is 4.79. The minimum absolute atomic E-state index is 0.0545. The summed E-state index contributed by atoms with van der Waals surface area (Å²) < 4.78 is 1.77. The predicted molar refractivity (Wildman–Crippen MR) is 126 cm³/mol. The van der Waals surface area contributed by atoms with Crippen LogP contribution in [0.1, 0.15) is 59.9 Å². The second kappa shape index (κ2) is 9.77. The molecule has 1 N–H and O–H groups in total. The van der Waals surface area contributed by atoms with Crippen molar-refractivity contribution >= 4 is 23.4 Å². The lowest BCUT2D eigenvalue weighted by molar-refractivity contribution is -0.132. The first-order valence-electron chi connectivity index (χ1n) is 11.9. The number of fused-ring (bicyclic) bond motifs is 1. The van der Waals surface area contributed by atoms with Crippen LogP contribution in [0.5, 0.6) is 0 Å². The molecule has 0 unspecified atom stereocenters. The number of piperidine rings is 1. The zero-order valence-corrected chi connectivity index (χ0v) is 19.8. The van der Waals surface area contributed by atoms with Crippen molar-refractivity contribution in [2.75, 3.05) is 25.0 Å². The van der Waals surface area contributed by atoms with E-state index in [1.807, 2.05) is 50.1 Å². The van der Waals surface area contributed by atoms with E-state index in [4.69, 9.17) is 0 Å². The van der Waals surface area contributed by atoms with Gasteiger partial charge in [0.15, 0.2) is 5.69 Å². The van der Waals surface area contributed by atoms with Crippen LogP contribution in [0, 0.1) is 12.8 Å². The molecule has 0 bridgehead atoms. The number of likely N-dealkylation sites (tertiary alicyclic amines) is 1. The lowest BCUT2D eigenvalue weighted by Crippen LogP contribution is -2.44. The first-order valence-corrected chi connectivity index (χ1v) is 11.9. The number of amides is 3. The maximum atomic E-state index is 13.5. The average Bonchev–Trinajstić information content (AvgIpc) is 3.16. The van der Waals surface area contributed by atoms with Crippen molar-refractivity contribution in [3.8, 4) is 0 Å². The van der Waals surface area contributed by atoms with Crippen molar-refractivity contribution in [2.45, 2.75) is 52.5 Å². The highest BCUT2D eigenvalue weighted by Gasteiger charge is 2.34. The molecule has 1 atom stereocenters. The molecule has 0 spiro atoms. The Kier molecular flexibility index (Phi) is 6.81. The summed E-state index contributed by atoms with van der Waals surface area (Å²) in [6.45, 7) is 6.02. The van der Waals surface area contributed by atoms with Crippen molar-refractivity contribution in [1.82, 2.24) is 19.6 Å². The Morgan fingerprint density at radius 3 is 2.70 bits per heavy atom. The molecule has 1 fully saturated rings. The molecule has 176 valence electrons. The lowest BCUT2D eigenvalue weighted by Gasteiger charge is -2.32. The molecular formula is C25H33N5O3. The highest BCUT2D eigenvalue weighted by atomic mass is 16.2. The minimum atomic E-state index is -0.260. The topological polar surface area (TPSA) is 87.5 Å². The molecule has 1 aromatic heterocycles. The maximum absolute atomic E-state index is 13.5. The van der Waals surface area contributed by atoms with E-state index in [1.165, 1.54) is 0 Å². The normalized spacial score (nSPS) is 18.1. The van der Waals surface area contributed by atoms with E-state index in [1.54, 1.807) is 9.58 Å². The van der Waals surface area contributed by atoms with E-state index >= 15 is 0 Å². The molecule has 0 aliphatic carbocycles. The third-order valence-corrected chi connectivity index (χ3v) is 6.74. The Balaban J connectivity index is 1.48. The van der Waals surface area contributed by atoms with Gasteiger partial charge in [0.2, 0.25) is 11.8 Å². The molecule has 2 aliphatic heterocycles. The summed E-state index contributed by atoms with van der Waals surface area (Å²) in [4.78, 5) is 42.4. The average molecular weight is 452 g/mol. The van der Waals surface area contributed by atoms with Crippen LogP contribution in [0.2, 0.25) is 0 Å². The fraction of sp³-hybridized carbons (Fsp3) is 0.520. The predicted octanol–water partition coefficient (Wildman–Crippen LogP) is 2.90. The van der Waals surface area contributed by atoms with Gasteiger partial charge in [-0.3, -0.25) is 19.1 Å². The van der Waals surface area contributed by atoms with Crippen LogP contribution in [0.25, 0.3) is 0 Å². The molecule has 2 aromatic rings. The quantitative estimate of drug-likeness (QED) is 0.757. The molecule has 4 rings (SSSR count). The van der Waals surface area contributed by atoms with Crippen LogP contribution in [0.3, 0.4) is 0 Å². The summed E-state index contributed by atoms with van der Waals surface area (Å²) in [5.74, 6) is -0.341. The van der Waals surface area contributed by atoms with Gasteiger partial charge < -0.3 is 15.1 Å². The molecule has 1 saturated heterocycles. The van der Waals surface area contributed by atoms with Gasteiger partial charge >= 0.3 is 0 Å². The van der Waals surface area contributed by atoms with Gasteiger partial charge in [0.1, 0.15) is 0 Å². The van der Waals surface area contributed by atoms with E-state index in [0.717, 1.165) is 41.8 Å². The number of hydrogen-bond acceptors (Lipinski definition) is 4. The summed E-state index contributed by atoms with van der Waals surface area (Å²) in [7, 11) is 1.85. The van der Waals surface area contributed by atoms with Gasteiger partial charge in [-0.2, -0.15) is 5.10 Å². The van der Waals surface area contributed by atoms with Crippen molar-refractivity contribution < 1.29 is 14.4 Å². The van der Waals surface area contributed by atoms with E-state index < -0.39 is 0 Å². The Morgan fingerprint density at radius 1 is 1.15 bits per heavy atom. The van der Waals surface area contributed by atoms with Crippen LogP contribution in [0.15, 0.2) is 24.3 Å². The number of para-hydroxylation sites is 1. The number of aromatic nitrogens is 2. The van der Waals surface area contributed by atoms with Crippen molar-refractivity contribution in [1.29, 1.82) is 0 Å². The van der Waals surface area contributed by atoms with Crippen molar-refractivity contribution in [3.05, 3.63) is 46.8 Å². The standard InChI is InChI=1S/C25H33N5O3/c1-4-8-22(31)29-14-12-21-19(16-29)23(27-28(21)3)25(33)30-13-7-10-18(15-30)24(32)26-20-11-6-5-9-17(20)2/h5-6,9,11,18H,4,7-8,10,12-16H2,1-3H3,(H,26,32)/t18-/m0/s1. The zero-order chi connectivity index (χ0) is 23.5. The van der Waals surface area contributed by atoms with Gasteiger partial charge in [-0.1, -0.05) is 25.1 Å². The molecule has 8 nitrogen and oxygen atoms in total. The lowest BCUT2D eigenvalue weighted by atomic mass is 9.96. The SMILES string of the molecule is CCCC(=O)N1CCc2c(c(C(=O)N3CCC[C@H](C(=O)Nc4ccccc4C)C3)nn2C)C1. The fourth-order valence-corrected chi connectivity index (χ4v) is 4.82. The van der Waals surface area contributed by atoms with Gasteiger partial charge in [0.25, 0.3) is 5.91 Å². The maximum Gasteiger partial charge on any atom is 0.274 e. The molecule has 2 aliphatic rings. The summed E-state index contributed by atoms with van der Waals surface area (Å²) in [6.07, 6.45) is 3.54. The van der Waals surface area contributed by atoms with Crippen LogP contribution in [-0.4, -0.2) is 56.9 Å². The van der Waals surface area contributed by atoms with Gasteiger partial charge in [0, 0.05) is 63.0 Å². The first-order chi connectivity index (χ1) is 15.9. The summed E-state index contributed by atoms with van der Waals surface area (Å²) in [6, 6.07) is 7.70. The number of rotatable bonds is 5. The zero-order valence-electron chi connectivity index (χ0n) is 19.8. The molecule has 33 heavy (non-hydrogen) atoms. The Bertz CT molecular complexity index is 1060. The van der Waals surface area contributed by atoms with E-state index in [-0.39, 0.29) is 23.6 Å². The second-order valence-electron chi connectivity index (χ2n) is 9.11. The number of nitrogens with one attached hydrogen (secondary N) is 1.